The molecule has 0 radical (unpaired) electrons. The van der Waals surface area contributed by atoms with E-state index in [1.807, 2.05) is 0 Å². The Morgan fingerprint density at radius 3 is 1.64 bits per heavy atom. The van der Waals surface area contributed by atoms with Gasteiger partial charge in [0.25, 0.3) is 0 Å². The lowest BCUT2D eigenvalue weighted by Crippen LogP contribution is -2.16. The summed E-state index contributed by atoms with van der Waals surface area (Å²) in [6.07, 6.45) is 0. The molecule has 0 bridgehead atoms. The molecular weight excluding hydrogens is 567 g/mol. The molecule has 7 aromatic carbocycles. The van der Waals surface area contributed by atoms with Crippen LogP contribution in [-0.2, 0) is 5.41 Å². The number of fused-ring (bicyclic) bond motifs is 4. The number of hydrogen-bond acceptors (Lipinski definition) is 1. The van der Waals surface area contributed by atoms with Crippen molar-refractivity contribution in [2.45, 2.75) is 39.0 Å². The lowest BCUT2D eigenvalue weighted by atomic mass is 9.81. The van der Waals surface area contributed by atoms with Crippen molar-refractivity contribution in [3.8, 4) is 33.4 Å². The molecule has 228 valence electrons. The maximum absolute atomic E-state index is 2.43. The van der Waals surface area contributed by atoms with E-state index in [9.17, 15) is 0 Å². The van der Waals surface area contributed by atoms with Crippen molar-refractivity contribution in [2.75, 3.05) is 4.90 Å². The molecule has 0 spiro atoms. The Morgan fingerprint density at radius 2 is 1.00 bits per heavy atom. The van der Waals surface area contributed by atoms with Crippen LogP contribution in [0, 0.1) is 0 Å². The van der Waals surface area contributed by atoms with Crippen molar-refractivity contribution < 1.29 is 0 Å². The third-order valence-electron chi connectivity index (χ3n) is 10.0. The minimum Gasteiger partial charge on any atom is -0.310 e. The zero-order valence-corrected chi connectivity index (χ0v) is 27.5. The quantitative estimate of drug-likeness (QED) is 0.182. The fourth-order valence-electron chi connectivity index (χ4n) is 7.57. The molecular formula is C46H39N. The predicted octanol–water partition coefficient (Wildman–Crippen LogP) is 13.1. The van der Waals surface area contributed by atoms with Crippen LogP contribution in [0.25, 0.3) is 44.2 Å². The summed E-state index contributed by atoms with van der Waals surface area (Å²) in [7, 11) is 0. The van der Waals surface area contributed by atoms with Crippen LogP contribution in [-0.4, -0.2) is 0 Å². The first-order valence-electron chi connectivity index (χ1n) is 16.7. The Kier molecular flexibility index (Phi) is 7.07. The third-order valence-corrected chi connectivity index (χ3v) is 10.0. The first-order chi connectivity index (χ1) is 22.9. The van der Waals surface area contributed by atoms with Crippen molar-refractivity contribution in [3.63, 3.8) is 0 Å². The van der Waals surface area contributed by atoms with E-state index in [1.165, 1.54) is 66.5 Å². The van der Waals surface area contributed by atoms with Crippen molar-refractivity contribution in [3.05, 3.63) is 174 Å². The number of para-hydroxylation sites is 1. The van der Waals surface area contributed by atoms with Crippen LogP contribution in [0.5, 0.6) is 0 Å². The zero-order chi connectivity index (χ0) is 32.1. The van der Waals surface area contributed by atoms with Crippen LogP contribution in [0.1, 0.15) is 50.3 Å². The Morgan fingerprint density at radius 1 is 0.447 bits per heavy atom. The van der Waals surface area contributed by atoms with Gasteiger partial charge in [-0.3, -0.25) is 0 Å². The molecule has 0 amide bonds. The van der Waals surface area contributed by atoms with Gasteiger partial charge in [0.15, 0.2) is 0 Å². The first-order valence-corrected chi connectivity index (χ1v) is 16.7. The van der Waals surface area contributed by atoms with Gasteiger partial charge >= 0.3 is 0 Å². The average molecular weight is 606 g/mol. The summed E-state index contributed by atoms with van der Waals surface area (Å²) in [6, 6.07) is 57.9. The molecule has 0 aromatic heterocycles. The minimum atomic E-state index is -0.0816. The highest BCUT2D eigenvalue weighted by Crippen LogP contribution is 2.53. The summed E-state index contributed by atoms with van der Waals surface area (Å²) in [6.45, 7) is 9.36. The molecule has 1 heteroatoms. The minimum absolute atomic E-state index is 0.0816. The van der Waals surface area contributed by atoms with E-state index in [0.717, 1.165) is 11.4 Å². The molecule has 1 nitrogen and oxygen atoms in total. The van der Waals surface area contributed by atoms with Crippen LogP contribution >= 0.6 is 0 Å². The molecule has 0 atom stereocenters. The Hall–Kier alpha value is -5.40. The number of rotatable bonds is 6. The van der Waals surface area contributed by atoms with E-state index in [0.29, 0.717) is 5.92 Å². The van der Waals surface area contributed by atoms with E-state index in [-0.39, 0.29) is 5.41 Å². The van der Waals surface area contributed by atoms with Gasteiger partial charge in [-0.1, -0.05) is 137 Å². The number of nitrogens with zero attached hydrogens (tertiary/aromatic N) is 1. The van der Waals surface area contributed by atoms with E-state index in [4.69, 9.17) is 0 Å². The summed E-state index contributed by atoms with van der Waals surface area (Å²) >= 11 is 0. The van der Waals surface area contributed by atoms with Gasteiger partial charge in [0.1, 0.15) is 0 Å². The molecule has 8 rings (SSSR count). The molecule has 0 aliphatic heterocycles. The van der Waals surface area contributed by atoms with Gasteiger partial charge in [0.2, 0.25) is 0 Å². The Balaban J connectivity index is 1.25. The highest BCUT2D eigenvalue weighted by molar-refractivity contribution is 5.97. The molecule has 0 saturated carbocycles. The molecule has 0 saturated heterocycles. The summed E-state index contributed by atoms with van der Waals surface area (Å²) < 4.78 is 0. The second kappa shape index (κ2) is 11.4. The molecule has 0 N–H and O–H groups in total. The highest BCUT2D eigenvalue weighted by Gasteiger charge is 2.37. The third kappa shape index (κ3) is 4.95. The Labute approximate surface area is 278 Å². The normalized spacial score (nSPS) is 13.0. The van der Waals surface area contributed by atoms with Crippen LogP contribution in [0.4, 0.5) is 17.1 Å². The Bertz CT molecular complexity index is 2220. The summed E-state index contributed by atoms with van der Waals surface area (Å²) in [5, 5.41) is 2.50. The predicted molar refractivity (Wildman–Crippen MR) is 201 cm³/mol. The van der Waals surface area contributed by atoms with Gasteiger partial charge in [-0.25, -0.2) is 0 Å². The van der Waals surface area contributed by atoms with Gasteiger partial charge in [-0.2, -0.15) is 0 Å². The van der Waals surface area contributed by atoms with Crippen molar-refractivity contribution in [1.82, 2.24) is 0 Å². The molecule has 1 aliphatic rings. The summed E-state index contributed by atoms with van der Waals surface area (Å²) in [4.78, 5) is 2.39. The van der Waals surface area contributed by atoms with Crippen molar-refractivity contribution >= 4 is 27.8 Å². The summed E-state index contributed by atoms with van der Waals surface area (Å²) in [5.74, 6) is 0.468. The van der Waals surface area contributed by atoms with Gasteiger partial charge in [0.05, 0.1) is 0 Å². The van der Waals surface area contributed by atoms with Crippen LogP contribution in [0.15, 0.2) is 158 Å². The molecule has 0 heterocycles. The maximum Gasteiger partial charge on any atom is 0.0465 e. The van der Waals surface area contributed by atoms with Crippen LogP contribution < -0.4 is 4.90 Å². The van der Waals surface area contributed by atoms with Crippen molar-refractivity contribution in [1.29, 1.82) is 0 Å². The van der Waals surface area contributed by atoms with E-state index < -0.39 is 0 Å². The van der Waals surface area contributed by atoms with Gasteiger partial charge in [-0.15, -0.1) is 0 Å². The van der Waals surface area contributed by atoms with Crippen molar-refractivity contribution in [2.24, 2.45) is 0 Å². The lowest BCUT2D eigenvalue weighted by Gasteiger charge is -2.28. The molecule has 47 heavy (non-hydrogen) atoms. The van der Waals surface area contributed by atoms with Gasteiger partial charge in [-0.05, 0) is 115 Å². The summed E-state index contributed by atoms with van der Waals surface area (Å²) in [5.41, 5.74) is 15.3. The standard InChI is InChI=1S/C46H39N/c1-31(2)39-20-13-21-43-45(39)40-27-26-38(30-44(40)46(43,3)4)47(36-18-9-6-10-19-36)37-24-22-33(23-25-37)42-29-35-17-12-11-16-34(35)28-41(42)32-14-7-5-8-15-32/h5-31H,1-4H3. The largest absolute Gasteiger partial charge is 0.310 e. The smallest absolute Gasteiger partial charge is 0.0465 e. The highest BCUT2D eigenvalue weighted by atomic mass is 15.1. The monoisotopic (exact) mass is 605 g/mol. The fraction of sp³-hybridized carbons (Fsp3) is 0.130. The van der Waals surface area contributed by atoms with Gasteiger partial charge in [0, 0.05) is 22.5 Å². The van der Waals surface area contributed by atoms with E-state index >= 15 is 0 Å². The maximum atomic E-state index is 2.43. The zero-order valence-electron chi connectivity index (χ0n) is 27.5. The molecule has 0 unspecified atom stereocenters. The number of hydrogen-bond donors (Lipinski definition) is 0. The SMILES string of the molecule is CC(C)c1cccc2c1-c1ccc(N(c3ccccc3)c3ccc(-c4cc5ccccc5cc4-c4ccccc4)cc3)cc1C2(C)C. The van der Waals surface area contributed by atoms with Gasteiger partial charge < -0.3 is 4.90 Å². The number of anilines is 3. The van der Waals surface area contributed by atoms with E-state index in [2.05, 4.69) is 190 Å². The number of benzene rings is 7. The second-order valence-corrected chi connectivity index (χ2v) is 13.6. The topological polar surface area (TPSA) is 3.24 Å². The molecule has 1 aliphatic carbocycles. The fourth-order valence-corrected chi connectivity index (χ4v) is 7.57. The first kappa shape index (κ1) is 29.0. The lowest BCUT2D eigenvalue weighted by molar-refractivity contribution is 0.659. The van der Waals surface area contributed by atoms with E-state index in [1.54, 1.807) is 0 Å². The second-order valence-electron chi connectivity index (χ2n) is 13.6. The molecule has 7 aromatic rings. The average Bonchev–Trinajstić information content (AvgIpc) is 3.34. The van der Waals surface area contributed by atoms with Crippen LogP contribution in [0.3, 0.4) is 0 Å². The molecule has 0 fully saturated rings. The van der Waals surface area contributed by atoms with Crippen LogP contribution in [0.2, 0.25) is 0 Å².